The van der Waals surface area contributed by atoms with Crippen LogP contribution in [0.5, 0.6) is 0 Å². The Hall–Kier alpha value is -1.57. The van der Waals surface area contributed by atoms with Gasteiger partial charge in [0.15, 0.2) is 6.39 Å². The van der Waals surface area contributed by atoms with Crippen LogP contribution in [0.25, 0.3) is 11.3 Å². The molecule has 1 aliphatic rings. The summed E-state index contributed by atoms with van der Waals surface area (Å²) < 4.78 is 4.98. The highest BCUT2D eigenvalue weighted by molar-refractivity contribution is 5.60. The molecule has 0 amide bonds. The number of rotatable bonds is 1. The van der Waals surface area contributed by atoms with Gasteiger partial charge in [-0.15, -0.1) is 0 Å². The molecule has 0 atom stereocenters. The Morgan fingerprint density at radius 3 is 2.93 bits per heavy atom. The first kappa shape index (κ1) is 7.80. The van der Waals surface area contributed by atoms with Crippen molar-refractivity contribution in [3.8, 4) is 11.3 Å². The number of nitrogens with zero attached hydrogens (tertiary/aromatic N) is 1. The fourth-order valence-corrected chi connectivity index (χ4v) is 2.09. The summed E-state index contributed by atoms with van der Waals surface area (Å²) in [6, 6.07) is 6.58. The standard InChI is InChI=1S/C12H11NO/c1-2-9-4-5-11(6-10(9)3-1)12-7-14-8-13-12/h4-8H,1-3H2. The molecule has 0 radical (unpaired) electrons. The number of hydrogen-bond donors (Lipinski definition) is 0. The quantitative estimate of drug-likeness (QED) is 0.682. The lowest BCUT2D eigenvalue weighted by molar-refractivity contribution is 0.558. The third-order valence-electron chi connectivity index (χ3n) is 2.83. The van der Waals surface area contributed by atoms with E-state index in [2.05, 4.69) is 23.2 Å². The molecule has 70 valence electrons. The molecule has 1 aromatic heterocycles. The highest BCUT2D eigenvalue weighted by Gasteiger charge is 2.11. The molecule has 2 nitrogen and oxygen atoms in total. The maximum absolute atomic E-state index is 4.98. The Labute approximate surface area is 82.6 Å². The van der Waals surface area contributed by atoms with Crippen LogP contribution in [-0.4, -0.2) is 4.98 Å². The van der Waals surface area contributed by atoms with Gasteiger partial charge in [0.1, 0.15) is 12.0 Å². The van der Waals surface area contributed by atoms with Gasteiger partial charge in [0.2, 0.25) is 0 Å². The molecule has 0 unspecified atom stereocenters. The first-order chi connectivity index (χ1) is 6.93. The van der Waals surface area contributed by atoms with Crippen molar-refractivity contribution in [3.05, 3.63) is 42.0 Å². The lowest BCUT2D eigenvalue weighted by Gasteiger charge is -2.01. The van der Waals surface area contributed by atoms with Gasteiger partial charge in [0, 0.05) is 5.56 Å². The average Bonchev–Trinajstić information content (AvgIpc) is 2.88. The van der Waals surface area contributed by atoms with E-state index in [1.165, 1.54) is 42.3 Å². The molecule has 1 aromatic carbocycles. The van der Waals surface area contributed by atoms with E-state index < -0.39 is 0 Å². The van der Waals surface area contributed by atoms with Gasteiger partial charge in [0.25, 0.3) is 0 Å². The van der Waals surface area contributed by atoms with Crippen LogP contribution in [0.4, 0.5) is 0 Å². The molecule has 0 spiro atoms. The topological polar surface area (TPSA) is 26.0 Å². The van der Waals surface area contributed by atoms with Crippen molar-refractivity contribution in [1.82, 2.24) is 4.98 Å². The largest absolute Gasteiger partial charge is 0.451 e. The minimum absolute atomic E-state index is 0.930. The number of oxazole rings is 1. The van der Waals surface area contributed by atoms with Crippen molar-refractivity contribution < 1.29 is 4.42 Å². The second-order valence-corrected chi connectivity index (χ2v) is 3.71. The highest BCUT2D eigenvalue weighted by Crippen LogP contribution is 2.26. The first-order valence-electron chi connectivity index (χ1n) is 4.94. The molecule has 1 aliphatic carbocycles. The molecule has 2 aromatic rings. The molecule has 14 heavy (non-hydrogen) atoms. The van der Waals surface area contributed by atoms with Crippen LogP contribution < -0.4 is 0 Å². The Bertz CT molecular complexity index is 445. The molecule has 1 heterocycles. The van der Waals surface area contributed by atoms with Gasteiger partial charge >= 0.3 is 0 Å². The summed E-state index contributed by atoms with van der Waals surface area (Å²) >= 11 is 0. The second kappa shape index (κ2) is 2.98. The Kier molecular flexibility index (Phi) is 1.66. The molecule has 2 heteroatoms. The minimum atomic E-state index is 0.930. The predicted octanol–water partition coefficient (Wildman–Crippen LogP) is 2.83. The fraction of sp³-hybridized carbons (Fsp3) is 0.250. The van der Waals surface area contributed by atoms with Crippen molar-refractivity contribution in [3.63, 3.8) is 0 Å². The van der Waals surface area contributed by atoms with Crippen molar-refractivity contribution in [2.45, 2.75) is 19.3 Å². The van der Waals surface area contributed by atoms with Crippen LogP contribution in [0.15, 0.2) is 35.3 Å². The van der Waals surface area contributed by atoms with Crippen LogP contribution in [0, 0.1) is 0 Å². The van der Waals surface area contributed by atoms with Crippen LogP contribution in [-0.2, 0) is 12.8 Å². The summed E-state index contributed by atoms with van der Waals surface area (Å²) in [4.78, 5) is 4.15. The van der Waals surface area contributed by atoms with Gasteiger partial charge in [-0.1, -0.05) is 12.1 Å². The van der Waals surface area contributed by atoms with E-state index in [4.69, 9.17) is 4.42 Å². The zero-order chi connectivity index (χ0) is 9.38. The van der Waals surface area contributed by atoms with E-state index in [0.29, 0.717) is 0 Å². The molecule has 0 bridgehead atoms. The zero-order valence-electron chi connectivity index (χ0n) is 7.86. The van der Waals surface area contributed by atoms with Gasteiger partial charge in [-0.2, -0.15) is 0 Å². The summed E-state index contributed by atoms with van der Waals surface area (Å²) in [5.74, 6) is 0. The smallest absolute Gasteiger partial charge is 0.181 e. The number of aryl methyl sites for hydroxylation is 2. The normalized spacial score (nSPS) is 14.3. The number of aromatic nitrogens is 1. The van der Waals surface area contributed by atoms with Crippen molar-refractivity contribution in [2.24, 2.45) is 0 Å². The van der Waals surface area contributed by atoms with Crippen molar-refractivity contribution >= 4 is 0 Å². The highest BCUT2D eigenvalue weighted by atomic mass is 16.3. The molecule has 0 saturated heterocycles. The van der Waals surface area contributed by atoms with E-state index in [-0.39, 0.29) is 0 Å². The predicted molar refractivity (Wildman–Crippen MR) is 54.0 cm³/mol. The van der Waals surface area contributed by atoms with E-state index >= 15 is 0 Å². The van der Waals surface area contributed by atoms with Crippen LogP contribution >= 0.6 is 0 Å². The van der Waals surface area contributed by atoms with E-state index in [0.717, 1.165) is 5.69 Å². The summed E-state index contributed by atoms with van der Waals surface area (Å²) in [5, 5.41) is 0. The first-order valence-corrected chi connectivity index (χ1v) is 4.94. The SMILES string of the molecule is c1nc(-c2ccc3c(c2)CCC3)co1. The molecular formula is C12H11NO. The van der Waals surface area contributed by atoms with Gasteiger partial charge < -0.3 is 4.42 Å². The molecule has 0 aliphatic heterocycles. The van der Waals surface area contributed by atoms with E-state index in [1.54, 1.807) is 6.26 Å². The Morgan fingerprint density at radius 1 is 1.14 bits per heavy atom. The van der Waals surface area contributed by atoms with Gasteiger partial charge in [-0.05, 0) is 36.5 Å². The summed E-state index contributed by atoms with van der Waals surface area (Å²) in [7, 11) is 0. The Morgan fingerprint density at radius 2 is 2.07 bits per heavy atom. The number of fused-ring (bicyclic) bond motifs is 1. The lowest BCUT2D eigenvalue weighted by atomic mass is 10.1. The zero-order valence-corrected chi connectivity index (χ0v) is 7.86. The van der Waals surface area contributed by atoms with Gasteiger partial charge in [-0.3, -0.25) is 0 Å². The van der Waals surface area contributed by atoms with Crippen LogP contribution in [0.3, 0.4) is 0 Å². The summed E-state index contributed by atoms with van der Waals surface area (Å²) in [6.07, 6.45) is 6.90. The van der Waals surface area contributed by atoms with Gasteiger partial charge in [0.05, 0.1) is 0 Å². The van der Waals surface area contributed by atoms with Crippen LogP contribution in [0.2, 0.25) is 0 Å². The Balaban J connectivity index is 2.09. The van der Waals surface area contributed by atoms with Crippen molar-refractivity contribution in [2.75, 3.05) is 0 Å². The molecule has 0 N–H and O–H groups in total. The molecular weight excluding hydrogens is 174 g/mol. The fourth-order valence-electron chi connectivity index (χ4n) is 2.09. The molecule has 0 fully saturated rings. The average molecular weight is 185 g/mol. The van der Waals surface area contributed by atoms with E-state index in [9.17, 15) is 0 Å². The van der Waals surface area contributed by atoms with Crippen molar-refractivity contribution in [1.29, 1.82) is 0 Å². The maximum Gasteiger partial charge on any atom is 0.181 e. The lowest BCUT2D eigenvalue weighted by Crippen LogP contribution is -1.84. The molecule has 0 saturated carbocycles. The van der Waals surface area contributed by atoms with E-state index in [1.807, 2.05) is 0 Å². The van der Waals surface area contributed by atoms with Crippen LogP contribution in [0.1, 0.15) is 17.5 Å². The monoisotopic (exact) mass is 185 g/mol. The van der Waals surface area contributed by atoms with Gasteiger partial charge in [-0.25, -0.2) is 4.98 Å². The number of hydrogen-bond acceptors (Lipinski definition) is 2. The molecule has 3 rings (SSSR count). The minimum Gasteiger partial charge on any atom is -0.451 e. The summed E-state index contributed by atoms with van der Waals surface area (Å²) in [6.45, 7) is 0. The third kappa shape index (κ3) is 1.15. The summed E-state index contributed by atoms with van der Waals surface area (Å²) in [5.41, 5.74) is 5.07. The second-order valence-electron chi connectivity index (χ2n) is 3.71. The third-order valence-corrected chi connectivity index (χ3v) is 2.83. The number of benzene rings is 1. The maximum atomic E-state index is 4.98.